The Balaban J connectivity index is 5.40. The van der Waals surface area contributed by atoms with E-state index < -0.39 is 47.9 Å². The lowest BCUT2D eigenvalue weighted by Crippen LogP contribution is -2.59. The number of hydrogen-bond acceptors (Lipinski definition) is 7. The van der Waals surface area contributed by atoms with Gasteiger partial charge in [-0.2, -0.15) is 12.6 Å². The number of carbonyl (C=O) groups is 4. The molecule has 0 aromatic carbocycles. The standard InChI is InChI=1S/C20H39N7O5S/c1-5-11(4)15(18(30)25-13(19(31)32)7-6-8-24-20(22)23)27-17(29)14(10(2)3)26-16(28)12(21)9-33/h10-15,33H,5-9,21H2,1-4H3,(H,25,30)(H,26,28)(H,27,29)(H,31,32)(H4,22,23,24). The van der Waals surface area contributed by atoms with Crippen LogP contribution in [-0.4, -0.2) is 71.2 Å². The van der Waals surface area contributed by atoms with Gasteiger partial charge in [0, 0.05) is 12.3 Å². The van der Waals surface area contributed by atoms with Crippen molar-refractivity contribution >= 4 is 42.3 Å². The first-order valence-electron chi connectivity index (χ1n) is 10.9. The number of thiol groups is 1. The summed E-state index contributed by atoms with van der Waals surface area (Å²) >= 11 is 3.98. The number of nitrogens with zero attached hydrogens (tertiary/aromatic N) is 1. The number of carbonyl (C=O) groups excluding carboxylic acids is 3. The second kappa shape index (κ2) is 15.3. The number of aliphatic imine (C=N–C) groups is 1. The van der Waals surface area contributed by atoms with E-state index in [9.17, 15) is 24.3 Å². The van der Waals surface area contributed by atoms with Crippen LogP contribution in [0, 0.1) is 11.8 Å². The monoisotopic (exact) mass is 489 g/mol. The molecule has 190 valence electrons. The van der Waals surface area contributed by atoms with Crippen LogP contribution in [0.4, 0.5) is 0 Å². The molecule has 0 heterocycles. The van der Waals surface area contributed by atoms with E-state index in [1.54, 1.807) is 20.8 Å². The maximum Gasteiger partial charge on any atom is 0.326 e. The molecule has 5 atom stereocenters. The van der Waals surface area contributed by atoms with E-state index in [4.69, 9.17) is 17.2 Å². The highest BCUT2D eigenvalue weighted by molar-refractivity contribution is 7.80. The molecule has 0 radical (unpaired) electrons. The van der Waals surface area contributed by atoms with Gasteiger partial charge < -0.3 is 38.3 Å². The Morgan fingerprint density at radius 1 is 0.970 bits per heavy atom. The van der Waals surface area contributed by atoms with Gasteiger partial charge in [0.1, 0.15) is 18.1 Å². The zero-order valence-corrected chi connectivity index (χ0v) is 20.6. The minimum atomic E-state index is -1.21. The summed E-state index contributed by atoms with van der Waals surface area (Å²) in [5, 5.41) is 17.2. The Kier molecular flexibility index (Phi) is 14.1. The number of carboxylic acid groups (broad SMARTS) is 1. The van der Waals surface area contributed by atoms with Crippen molar-refractivity contribution in [1.82, 2.24) is 16.0 Å². The molecule has 0 aliphatic heterocycles. The first-order valence-corrected chi connectivity index (χ1v) is 11.5. The summed E-state index contributed by atoms with van der Waals surface area (Å²) in [6.45, 7) is 7.31. The summed E-state index contributed by atoms with van der Waals surface area (Å²) in [4.78, 5) is 53.4. The van der Waals surface area contributed by atoms with Crippen LogP contribution < -0.4 is 33.2 Å². The number of nitrogens with one attached hydrogen (secondary N) is 3. The number of nitrogens with two attached hydrogens (primary N) is 3. The molecule has 0 aliphatic rings. The number of rotatable bonds is 15. The molecule has 0 aromatic heterocycles. The minimum absolute atomic E-state index is 0.102. The molecule has 12 nitrogen and oxygen atoms in total. The third kappa shape index (κ3) is 11.2. The van der Waals surface area contributed by atoms with Gasteiger partial charge in [-0.3, -0.25) is 19.4 Å². The van der Waals surface area contributed by atoms with Gasteiger partial charge in [0.05, 0.1) is 6.04 Å². The van der Waals surface area contributed by atoms with E-state index in [2.05, 4.69) is 33.6 Å². The molecule has 10 N–H and O–H groups in total. The molecule has 0 saturated carbocycles. The fourth-order valence-corrected chi connectivity index (χ4v) is 3.01. The Morgan fingerprint density at radius 3 is 1.97 bits per heavy atom. The van der Waals surface area contributed by atoms with Crippen LogP contribution in [0.2, 0.25) is 0 Å². The highest BCUT2D eigenvalue weighted by Crippen LogP contribution is 2.11. The van der Waals surface area contributed by atoms with Crippen LogP contribution in [0.3, 0.4) is 0 Å². The van der Waals surface area contributed by atoms with Crippen molar-refractivity contribution in [2.75, 3.05) is 12.3 Å². The smallest absolute Gasteiger partial charge is 0.326 e. The van der Waals surface area contributed by atoms with Gasteiger partial charge in [-0.15, -0.1) is 0 Å². The summed E-state index contributed by atoms with van der Waals surface area (Å²) in [5.41, 5.74) is 16.2. The average Bonchev–Trinajstić information content (AvgIpc) is 2.75. The summed E-state index contributed by atoms with van der Waals surface area (Å²) in [6, 6.07) is -3.99. The molecule has 0 saturated heterocycles. The van der Waals surface area contributed by atoms with Gasteiger partial charge in [0.15, 0.2) is 5.96 Å². The second-order valence-electron chi connectivity index (χ2n) is 8.24. The summed E-state index contributed by atoms with van der Waals surface area (Å²) in [7, 11) is 0. The summed E-state index contributed by atoms with van der Waals surface area (Å²) in [5.74, 6) is -3.52. The molecular weight excluding hydrogens is 450 g/mol. The number of aliphatic carboxylic acids is 1. The van der Waals surface area contributed by atoms with Crippen LogP contribution in [0.1, 0.15) is 47.0 Å². The predicted octanol–water partition coefficient (Wildman–Crippen LogP) is -1.46. The molecule has 3 amide bonds. The zero-order valence-electron chi connectivity index (χ0n) is 19.7. The molecule has 0 spiro atoms. The predicted molar refractivity (Wildman–Crippen MR) is 129 cm³/mol. The van der Waals surface area contributed by atoms with Crippen LogP contribution in [0.25, 0.3) is 0 Å². The van der Waals surface area contributed by atoms with Gasteiger partial charge >= 0.3 is 5.97 Å². The highest BCUT2D eigenvalue weighted by Gasteiger charge is 2.33. The van der Waals surface area contributed by atoms with Crippen molar-refractivity contribution in [2.24, 2.45) is 34.0 Å². The van der Waals surface area contributed by atoms with E-state index in [-0.39, 0.29) is 36.5 Å². The lowest BCUT2D eigenvalue weighted by molar-refractivity contribution is -0.143. The van der Waals surface area contributed by atoms with Gasteiger partial charge in [-0.25, -0.2) is 4.79 Å². The first-order chi connectivity index (χ1) is 15.3. The molecule has 13 heteroatoms. The minimum Gasteiger partial charge on any atom is -0.480 e. The Morgan fingerprint density at radius 2 is 1.52 bits per heavy atom. The van der Waals surface area contributed by atoms with Gasteiger partial charge in [0.2, 0.25) is 17.7 Å². The normalized spacial score (nSPS) is 15.5. The molecular formula is C20H39N7O5S. The zero-order chi connectivity index (χ0) is 25.7. The van der Waals surface area contributed by atoms with E-state index in [1.807, 2.05) is 6.92 Å². The molecule has 0 bridgehead atoms. The largest absolute Gasteiger partial charge is 0.480 e. The average molecular weight is 490 g/mol. The van der Waals surface area contributed by atoms with E-state index >= 15 is 0 Å². The number of carboxylic acids is 1. The maximum absolute atomic E-state index is 12.9. The molecule has 0 aromatic rings. The number of guanidine groups is 1. The fraction of sp³-hybridized carbons (Fsp3) is 0.750. The topological polar surface area (TPSA) is 215 Å². The second-order valence-corrected chi connectivity index (χ2v) is 8.60. The highest BCUT2D eigenvalue weighted by atomic mass is 32.1. The summed E-state index contributed by atoms with van der Waals surface area (Å²) < 4.78 is 0. The molecule has 0 fully saturated rings. The third-order valence-electron chi connectivity index (χ3n) is 5.13. The van der Waals surface area contributed by atoms with Crippen molar-refractivity contribution < 1.29 is 24.3 Å². The van der Waals surface area contributed by atoms with Crippen molar-refractivity contribution in [3.63, 3.8) is 0 Å². The fourth-order valence-electron chi connectivity index (χ4n) is 2.85. The van der Waals surface area contributed by atoms with E-state index in [0.717, 1.165) is 0 Å². The lowest BCUT2D eigenvalue weighted by atomic mass is 9.96. The number of amides is 3. The van der Waals surface area contributed by atoms with Gasteiger partial charge in [-0.1, -0.05) is 34.1 Å². The van der Waals surface area contributed by atoms with Crippen LogP contribution in [0.5, 0.6) is 0 Å². The third-order valence-corrected chi connectivity index (χ3v) is 5.53. The van der Waals surface area contributed by atoms with Crippen LogP contribution in [0.15, 0.2) is 4.99 Å². The van der Waals surface area contributed by atoms with Crippen molar-refractivity contribution in [2.45, 2.75) is 71.1 Å². The SMILES string of the molecule is CCC(C)C(NC(=O)C(NC(=O)C(N)CS)C(C)C)C(=O)NC(CCCN=C(N)N)C(=O)O. The lowest BCUT2D eigenvalue weighted by Gasteiger charge is -2.29. The Bertz CT molecular complexity index is 700. The van der Waals surface area contributed by atoms with Crippen molar-refractivity contribution in [3.8, 4) is 0 Å². The van der Waals surface area contributed by atoms with Crippen LogP contribution in [-0.2, 0) is 19.2 Å². The van der Waals surface area contributed by atoms with E-state index in [0.29, 0.717) is 12.8 Å². The first kappa shape index (κ1) is 30.5. The molecule has 33 heavy (non-hydrogen) atoms. The van der Waals surface area contributed by atoms with Crippen molar-refractivity contribution in [3.05, 3.63) is 0 Å². The molecule has 5 unspecified atom stereocenters. The number of hydrogen-bond donors (Lipinski definition) is 8. The van der Waals surface area contributed by atoms with Crippen LogP contribution >= 0.6 is 12.6 Å². The van der Waals surface area contributed by atoms with Gasteiger partial charge in [0.25, 0.3) is 0 Å². The summed E-state index contributed by atoms with van der Waals surface area (Å²) in [6.07, 6.45) is 0.984. The molecule has 0 rings (SSSR count). The maximum atomic E-state index is 12.9. The molecule has 0 aliphatic carbocycles. The Labute approximate surface area is 200 Å². The van der Waals surface area contributed by atoms with E-state index in [1.165, 1.54) is 0 Å². The van der Waals surface area contributed by atoms with Gasteiger partial charge in [-0.05, 0) is 24.7 Å². The van der Waals surface area contributed by atoms with Crippen molar-refractivity contribution in [1.29, 1.82) is 0 Å². The Hall–Kier alpha value is -2.54. The quantitative estimate of drug-likeness (QED) is 0.0587.